The smallest absolute Gasteiger partial charge is 0.306 e. The Kier molecular flexibility index (Phi) is 4.80. The molecule has 0 aromatic rings. The van der Waals surface area contributed by atoms with E-state index in [9.17, 15) is 9.36 Å². The van der Waals surface area contributed by atoms with E-state index >= 15 is 0 Å². The van der Waals surface area contributed by atoms with Gasteiger partial charge in [-0.3, -0.25) is 4.79 Å². The van der Waals surface area contributed by atoms with Crippen LogP contribution in [0.3, 0.4) is 0 Å². The van der Waals surface area contributed by atoms with Gasteiger partial charge in [0.25, 0.3) is 0 Å². The molecule has 74 valence electrons. The molecule has 0 amide bonds. The van der Waals surface area contributed by atoms with E-state index in [0.717, 1.165) is 0 Å². The fraction of sp³-hybridized carbons (Fsp3) is 0.667. The van der Waals surface area contributed by atoms with E-state index in [-0.39, 0.29) is 24.2 Å². The molecule has 13 heavy (non-hydrogen) atoms. The van der Waals surface area contributed by atoms with E-state index in [1.165, 1.54) is 7.11 Å². The van der Waals surface area contributed by atoms with E-state index in [2.05, 4.69) is 10.4 Å². The lowest BCUT2D eigenvalue weighted by Crippen LogP contribution is -2.07. The first kappa shape index (κ1) is 12.3. The van der Waals surface area contributed by atoms with Gasteiger partial charge in [0.05, 0.1) is 13.5 Å². The summed E-state index contributed by atoms with van der Waals surface area (Å²) in [5, 5.41) is 0. The molecule has 0 N–H and O–H groups in total. The maximum Gasteiger partial charge on any atom is 0.306 e. The highest BCUT2D eigenvalue weighted by Gasteiger charge is 2.24. The number of terminal acetylenes is 1. The van der Waals surface area contributed by atoms with Gasteiger partial charge >= 0.3 is 5.97 Å². The topological polar surface area (TPSA) is 43.4 Å². The van der Waals surface area contributed by atoms with Crippen LogP contribution in [0.1, 0.15) is 20.3 Å². The van der Waals surface area contributed by atoms with Gasteiger partial charge in [0.2, 0.25) is 0 Å². The van der Waals surface area contributed by atoms with Crippen molar-refractivity contribution in [2.45, 2.75) is 25.9 Å². The van der Waals surface area contributed by atoms with Crippen LogP contribution in [-0.4, -0.2) is 24.9 Å². The summed E-state index contributed by atoms with van der Waals surface area (Å²) in [5.74, 6) is -0.365. The van der Waals surface area contributed by atoms with Crippen molar-refractivity contribution in [3.63, 3.8) is 0 Å². The number of methoxy groups -OCH3 is 1. The van der Waals surface area contributed by atoms with Crippen LogP contribution in [0.2, 0.25) is 0 Å². The van der Waals surface area contributed by atoms with Crippen LogP contribution < -0.4 is 0 Å². The van der Waals surface area contributed by atoms with Gasteiger partial charge in [-0.15, -0.1) is 6.42 Å². The minimum absolute atomic E-state index is 0.0674. The highest BCUT2D eigenvalue weighted by atomic mass is 31.2. The molecule has 0 rings (SSSR count). The largest absolute Gasteiger partial charge is 0.469 e. The Morgan fingerprint density at radius 2 is 2.15 bits per heavy atom. The zero-order valence-electron chi connectivity index (χ0n) is 8.24. The number of carbonyl (C=O) groups excluding carboxylic acids is 1. The zero-order valence-corrected chi connectivity index (χ0v) is 9.14. The second kappa shape index (κ2) is 5.09. The number of hydrogen-bond donors (Lipinski definition) is 0. The molecule has 0 bridgehead atoms. The van der Waals surface area contributed by atoms with E-state index in [0.29, 0.717) is 0 Å². The Bertz CT molecular complexity index is 263. The molecular weight excluding hydrogens is 187 g/mol. The van der Waals surface area contributed by atoms with Crippen molar-refractivity contribution in [3.8, 4) is 12.1 Å². The molecule has 0 aliphatic carbocycles. The van der Waals surface area contributed by atoms with Crippen molar-refractivity contribution in [1.29, 1.82) is 0 Å². The summed E-state index contributed by atoms with van der Waals surface area (Å²) in [6.45, 7) is 3.61. The Morgan fingerprint density at radius 3 is 2.46 bits per heavy atom. The lowest BCUT2D eigenvalue weighted by molar-refractivity contribution is -0.140. The van der Waals surface area contributed by atoms with Gasteiger partial charge in [-0.05, 0) is 5.66 Å². The van der Waals surface area contributed by atoms with Crippen LogP contribution in [0.5, 0.6) is 0 Å². The summed E-state index contributed by atoms with van der Waals surface area (Å²) in [5.41, 5.74) is 2.24. The third-order valence-electron chi connectivity index (χ3n) is 1.93. The van der Waals surface area contributed by atoms with Crippen molar-refractivity contribution >= 4 is 13.1 Å². The first-order valence-corrected chi connectivity index (χ1v) is 6.06. The van der Waals surface area contributed by atoms with Gasteiger partial charge in [-0.1, -0.05) is 13.8 Å². The molecule has 0 radical (unpaired) electrons. The summed E-state index contributed by atoms with van der Waals surface area (Å²) < 4.78 is 16.3. The molecule has 4 heteroatoms. The lowest BCUT2D eigenvalue weighted by atomic mass is 10.5. The van der Waals surface area contributed by atoms with Crippen LogP contribution in [0.25, 0.3) is 0 Å². The molecule has 3 nitrogen and oxygen atoms in total. The van der Waals surface area contributed by atoms with Gasteiger partial charge < -0.3 is 9.30 Å². The summed E-state index contributed by atoms with van der Waals surface area (Å²) in [7, 11) is -1.31. The van der Waals surface area contributed by atoms with Gasteiger partial charge in [0.1, 0.15) is 0 Å². The molecule has 0 aliphatic heterocycles. The SMILES string of the molecule is C#CP(=O)(CCC(=O)OC)C(C)C. The summed E-state index contributed by atoms with van der Waals surface area (Å²) in [6, 6.07) is 0. The molecule has 0 spiro atoms. The number of carbonyl (C=O) groups is 1. The molecule has 0 aromatic carbocycles. The van der Waals surface area contributed by atoms with Crippen LogP contribution >= 0.6 is 7.14 Å². The normalized spacial score (nSPS) is 14.7. The second-order valence-electron chi connectivity index (χ2n) is 3.07. The van der Waals surface area contributed by atoms with E-state index < -0.39 is 7.14 Å². The van der Waals surface area contributed by atoms with E-state index in [1.54, 1.807) is 13.8 Å². The van der Waals surface area contributed by atoms with E-state index in [4.69, 9.17) is 6.42 Å². The molecule has 0 fully saturated rings. The molecule has 0 aliphatic rings. The summed E-state index contributed by atoms with van der Waals surface area (Å²) >= 11 is 0. The van der Waals surface area contributed by atoms with Crippen molar-refractivity contribution < 1.29 is 14.1 Å². The third-order valence-corrected chi connectivity index (χ3v) is 4.92. The minimum Gasteiger partial charge on any atom is -0.469 e. The quantitative estimate of drug-likeness (QED) is 0.397. The molecule has 0 saturated carbocycles. The fourth-order valence-electron chi connectivity index (χ4n) is 0.831. The standard InChI is InChI=1S/C9H15O3P/c1-5-13(11,8(2)3)7-6-9(10)12-4/h1,8H,6-7H2,2-4H3. The van der Waals surface area contributed by atoms with Crippen molar-refractivity contribution in [3.05, 3.63) is 0 Å². The van der Waals surface area contributed by atoms with Gasteiger partial charge in [0.15, 0.2) is 7.14 Å². The molecule has 1 unspecified atom stereocenters. The van der Waals surface area contributed by atoms with Gasteiger partial charge in [-0.25, -0.2) is 0 Å². The van der Waals surface area contributed by atoms with Gasteiger partial charge in [0, 0.05) is 11.8 Å². The van der Waals surface area contributed by atoms with Crippen molar-refractivity contribution in [2.24, 2.45) is 0 Å². The lowest BCUT2D eigenvalue weighted by Gasteiger charge is -2.14. The van der Waals surface area contributed by atoms with Crippen molar-refractivity contribution in [2.75, 3.05) is 13.3 Å². The molecule has 0 heterocycles. The summed E-state index contributed by atoms with van der Waals surface area (Å²) in [6.07, 6.45) is 5.55. The zero-order chi connectivity index (χ0) is 10.5. The maximum absolute atomic E-state index is 11.9. The highest BCUT2D eigenvalue weighted by Crippen LogP contribution is 2.49. The fourth-order valence-corrected chi connectivity index (χ4v) is 2.29. The Balaban J connectivity index is 4.25. The maximum atomic E-state index is 11.9. The average molecular weight is 202 g/mol. The molecular formula is C9H15O3P. The first-order valence-electron chi connectivity index (χ1n) is 4.09. The number of hydrogen-bond acceptors (Lipinski definition) is 3. The molecule has 0 saturated heterocycles. The molecule has 1 atom stereocenters. The predicted molar refractivity (Wildman–Crippen MR) is 53.1 cm³/mol. The van der Waals surface area contributed by atoms with Gasteiger partial charge in [-0.2, -0.15) is 0 Å². The molecule has 0 aromatic heterocycles. The first-order chi connectivity index (χ1) is 5.96. The monoisotopic (exact) mass is 202 g/mol. The highest BCUT2D eigenvalue weighted by molar-refractivity contribution is 7.69. The van der Waals surface area contributed by atoms with Crippen molar-refractivity contribution in [1.82, 2.24) is 0 Å². The summed E-state index contributed by atoms with van der Waals surface area (Å²) in [4.78, 5) is 10.8. The van der Waals surface area contributed by atoms with Crippen LogP contribution in [0, 0.1) is 12.1 Å². The number of rotatable bonds is 4. The van der Waals surface area contributed by atoms with Crippen LogP contribution in [0.4, 0.5) is 0 Å². The Hall–Kier alpha value is -0.740. The third kappa shape index (κ3) is 3.65. The second-order valence-corrected chi connectivity index (χ2v) is 6.40. The predicted octanol–water partition coefficient (Wildman–Crippen LogP) is 1.91. The number of ether oxygens (including phenoxy) is 1. The number of esters is 1. The average Bonchev–Trinajstić information content (AvgIpc) is 2.13. The minimum atomic E-state index is -2.61. The Morgan fingerprint density at radius 1 is 1.62 bits per heavy atom. The van der Waals surface area contributed by atoms with Crippen LogP contribution in [-0.2, 0) is 14.1 Å². The Labute approximate surface area is 79.2 Å². The van der Waals surface area contributed by atoms with E-state index in [1.807, 2.05) is 0 Å². The van der Waals surface area contributed by atoms with Crippen LogP contribution in [0.15, 0.2) is 0 Å².